The van der Waals surface area contributed by atoms with Crippen LogP contribution in [0.4, 0.5) is 0 Å². The Labute approximate surface area is 133 Å². The Morgan fingerprint density at radius 1 is 1.38 bits per heavy atom. The third kappa shape index (κ3) is 2.82. The quantitative estimate of drug-likeness (QED) is 0.910. The summed E-state index contributed by atoms with van der Waals surface area (Å²) in [6, 6.07) is 8.82. The Hall–Kier alpha value is -1.06. The smallest absolute Gasteiger partial charge is 0.232 e. The van der Waals surface area contributed by atoms with E-state index in [4.69, 9.17) is 0 Å². The zero-order valence-electron chi connectivity index (χ0n) is 12.9. The van der Waals surface area contributed by atoms with Gasteiger partial charge in [0.05, 0.1) is 5.41 Å². The van der Waals surface area contributed by atoms with Crippen LogP contribution in [0.15, 0.2) is 24.3 Å². The number of halogens is 1. The van der Waals surface area contributed by atoms with E-state index in [1.165, 1.54) is 11.1 Å². The molecule has 1 aliphatic heterocycles. The Kier molecular flexibility index (Phi) is 4.95. The number of carbonyl (C=O) groups excluding carboxylic acids is 1. The van der Waals surface area contributed by atoms with Crippen LogP contribution in [0.1, 0.15) is 37.3 Å². The minimum Gasteiger partial charge on any atom is -0.341 e. The van der Waals surface area contributed by atoms with E-state index in [1.54, 1.807) is 0 Å². The fourth-order valence-corrected chi connectivity index (χ4v) is 3.79. The van der Waals surface area contributed by atoms with Crippen molar-refractivity contribution >= 4 is 18.3 Å². The van der Waals surface area contributed by atoms with Gasteiger partial charge in [-0.25, -0.2) is 0 Å². The SMILES string of the molecule is CN(C(=O)C1(C)CCCc2ccccc21)C1CCNC1.Cl. The normalized spacial score (nSPS) is 27.6. The number of nitrogens with zero attached hydrogens (tertiary/aromatic N) is 1. The summed E-state index contributed by atoms with van der Waals surface area (Å²) in [4.78, 5) is 15.1. The predicted octanol–water partition coefficient (Wildman–Crippen LogP) is 2.52. The summed E-state index contributed by atoms with van der Waals surface area (Å²) in [5, 5.41) is 3.35. The van der Waals surface area contributed by atoms with Crippen LogP contribution in [-0.2, 0) is 16.6 Å². The highest BCUT2D eigenvalue weighted by atomic mass is 35.5. The molecule has 3 nitrogen and oxygen atoms in total. The van der Waals surface area contributed by atoms with E-state index in [-0.39, 0.29) is 17.8 Å². The summed E-state index contributed by atoms with van der Waals surface area (Å²) in [6.45, 7) is 4.09. The Morgan fingerprint density at radius 2 is 2.14 bits per heavy atom. The van der Waals surface area contributed by atoms with Gasteiger partial charge in [-0.1, -0.05) is 24.3 Å². The summed E-state index contributed by atoms with van der Waals surface area (Å²) in [5.41, 5.74) is 2.26. The Morgan fingerprint density at radius 3 is 2.86 bits per heavy atom. The minimum atomic E-state index is -0.341. The number of aryl methyl sites for hydroxylation is 1. The summed E-state index contributed by atoms with van der Waals surface area (Å²) in [7, 11) is 1.97. The van der Waals surface area contributed by atoms with Gasteiger partial charge in [0.2, 0.25) is 5.91 Å². The van der Waals surface area contributed by atoms with E-state index in [1.807, 2.05) is 11.9 Å². The molecule has 2 unspecified atom stereocenters. The van der Waals surface area contributed by atoms with Crippen molar-refractivity contribution in [1.29, 1.82) is 0 Å². The lowest BCUT2D eigenvalue weighted by molar-refractivity contribution is -0.138. The molecule has 0 aromatic heterocycles. The van der Waals surface area contributed by atoms with E-state index >= 15 is 0 Å². The van der Waals surface area contributed by atoms with Gasteiger partial charge in [0.1, 0.15) is 0 Å². The van der Waals surface area contributed by atoms with E-state index < -0.39 is 0 Å². The number of amides is 1. The maximum atomic E-state index is 13.1. The fourth-order valence-electron chi connectivity index (χ4n) is 3.79. The Bertz CT molecular complexity index is 513. The molecule has 1 N–H and O–H groups in total. The number of hydrogen-bond acceptors (Lipinski definition) is 2. The molecule has 4 heteroatoms. The van der Waals surface area contributed by atoms with Crippen molar-refractivity contribution < 1.29 is 4.79 Å². The summed E-state index contributed by atoms with van der Waals surface area (Å²) in [5.74, 6) is 0.290. The largest absolute Gasteiger partial charge is 0.341 e. The van der Waals surface area contributed by atoms with Gasteiger partial charge < -0.3 is 10.2 Å². The monoisotopic (exact) mass is 308 g/mol. The number of benzene rings is 1. The molecule has 116 valence electrons. The molecular weight excluding hydrogens is 284 g/mol. The third-order valence-electron chi connectivity index (χ3n) is 5.11. The minimum absolute atomic E-state index is 0. The number of rotatable bonds is 2. The first-order valence-corrected chi connectivity index (χ1v) is 7.69. The molecule has 0 spiro atoms. The van der Waals surface area contributed by atoms with Crippen LogP contribution in [0.3, 0.4) is 0 Å². The van der Waals surface area contributed by atoms with Crippen molar-refractivity contribution in [2.75, 3.05) is 20.1 Å². The summed E-state index contributed by atoms with van der Waals surface area (Å²) >= 11 is 0. The highest BCUT2D eigenvalue weighted by Gasteiger charge is 2.42. The highest BCUT2D eigenvalue weighted by molar-refractivity contribution is 5.88. The van der Waals surface area contributed by atoms with Gasteiger partial charge in [-0.15, -0.1) is 12.4 Å². The lowest BCUT2D eigenvalue weighted by Crippen LogP contribution is -2.49. The lowest BCUT2D eigenvalue weighted by atomic mass is 9.70. The molecule has 2 atom stereocenters. The van der Waals surface area contributed by atoms with Crippen molar-refractivity contribution in [3.63, 3.8) is 0 Å². The van der Waals surface area contributed by atoms with E-state index in [2.05, 4.69) is 36.5 Å². The average Bonchev–Trinajstić information content (AvgIpc) is 3.00. The van der Waals surface area contributed by atoms with Gasteiger partial charge in [0.15, 0.2) is 0 Å². The van der Waals surface area contributed by atoms with Crippen LogP contribution < -0.4 is 5.32 Å². The third-order valence-corrected chi connectivity index (χ3v) is 5.11. The van der Waals surface area contributed by atoms with Gasteiger partial charge in [0.25, 0.3) is 0 Å². The molecule has 0 saturated carbocycles. The molecule has 0 radical (unpaired) electrons. The van der Waals surface area contributed by atoms with Crippen LogP contribution in [-0.4, -0.2) is 37.0 Å². The number of fused-ring (bicyclic) bond motifs is 1. The summed E-state index contributed by atoms with van der Waals surface area (Å²) in [6.07, 6.45) is 4.25. The standard InChI is InChI=1S/C17H24N2O.ClH/c1-17(16(20)19(2)14-9-11-18-12-14)10-5-7-13-6-3-4-8-15(13)17;/h3-4,6,8,14,18H,5,7,9-12H2,1-2H3;1H. The molecule has 3 rings (SSSR count). The number of hydrogen-bond donors (Lipinski definition) is 1. The van der Waals surface area contributed by atoms with Crippen molar-refractivity contribution in [2.24, 2.45) is 0 Å². The molecule has 1 aromatic carbocycles. The first-order chi connectivity index (χ1) is 9.63. The molecule has 1 aromatic rings. The number of likely N-dealkylation sites (N-methyl/N-ethyl adjacent to an activating group) is 1. The molecule has 1 heterocycles. The molecule has 2 aliphatic rings. The van der Waals surface area contributed by atoms with Gasteiger partial charge in [-0.2, -0.15) is 0 Å². The molecule has 0 bridgehead atoms. The maximum Gasteiger partial charge on any atom is 0.232 e. The highest BCUT2D eigenvalue weighted by Crippen LogP contribution is 2.38. The van der Waals surface area contributed by atoms with Gasteiger partial charge in [0, 0.05) is 19.6 Å². The molecule has 1 saturated heterocycles. The molecular formula is C17H25ClN2O. The molecule has 1 fully saturated rings. The number of nitrogens with one attached hydrogen (secondary N) is 1. The van der Waals surface area contributed by atoms with Crippen LogP contribution in [0.5, 0.6) is 0 Å². The van der Waals surface area contributed by atoms with Crippen molar-refractivity contribution in [1.82, 2.24) is 10.2 Å². The summed E-state index contributed by atoms with van der Waals surface area (Å²) < 4.78 is 0. The average molecular weight is 309 g/mol. The first-order valence-electron chi connectivity index (χ1n) is 7.69. The lowest BCUT2D eigenvalue weighted by Gasteiger charge is -2.39. The number of carbonyl (C=O) groups is 1. The van der Waals surface area contributed by atoms with Gasteiger partial charge in [-0.3, -0.25) is 4.79 Å². The van der Waals surface area contributed by atoms with Crippen LogP contribution in [0.2, 0.25) is 0 Å². The van der Waals surface area contributed by atoms with Gasteiger partial charge in [-0.05, 0) is 50.3 Å². The fraction of sp³-hybridized carbons (Fsp3) is 0.588. The topological polar surface area (TPSA) is 32.3 Å². The first kappa shape index (κ1) is 16.3. The molecule has 1 aliphatic carbocycles. The van der Waals surface area contributed by atoms with Crippen molar-refractivity contribution in [2.45, 2.75) is 44.1 Å². The zero-order chi connectivity index (χ0) is 14.2. The van der Waals surface area contributed by atoms with E-state index in [0.717, 1.165) is 38.8 Å². The van der Waals surface area contributed by atoms with Gasteiger partial charge >= 0.3 is 0 Å². The second-order valence-electron chi connectivity index (χ2n) is 6.41. The molecule has 1 amide bonds. The second-order valence-corrected chi connectivity index (χ2v) is 6.41. The second kappa shape index (κ2) is 6.37. The predicted molar refractivity (Wildman–Crippen MR) is 88.0 cm³/mol. The molecule has 21 heavy (non-hydrogen) atoms. The van der Waals surface area contributed by atoms with E-state index in [9.17, 15) is 4.79 Å². The van der Waals surface area contributed by atoms with Crippen molar-refractivity contribution in [3.05, 3.63) is 35.4 Å². The van der Waals surface area contributed by atoms with Crippen LogP contribution >= 0.6 is 12.4 Å². The Balaban J connectivity index is 0.00000161. The zero-order valence-corrected chi connectivity index (χ0v) is 13.7. The van der Waals surface area contributed by atoms with E-state index in [0.29, 0.717) is 11.9 Å². The van der Waals surface area contributed by atoms with Crippen LogP contribution in [0, 0.1) is 0 Å². The van der Waals surface area contributed by atoms with Crippen molar-refractivity contribution in [3.8, 4) is 0 Å². The maximum absolute atomic E-state index is 13.1. The van der Waals surface area contributed by atoms with Crippen LogP contribution in [0.25, 0.3) is 0 Å².